The van der Waals surface area contributed by atoms with E-state index in [0.717, 1.165) is 17.5 Å². The number of methoxy groups -OCH3 is 1. The van der Waals surface area contributed by atoms with E-state index in [9.17, 15) is 18.4 Å². The van der Waals surface area contributed by atoms with Crippen molar-refractivity contribution in [3.05, 3.63) is 59.2 Å². The Morgan fingerprint density at radius 3 is 2.62 bits per heavy atom. The van der Waals surface area contributed by atoms with Gasteiger partial charge in [0.25, 0.3) is 5.91 Å². The molecule has 1 spiro atoms. The molecule has 1 atom stereocenters. The van der Waals surface area contributed by atoms with Gasteiger partial charge in [-0.2, -0.15) is 8.78 Å². The summed E-state index contributed by atoms with van der Waals surface area (Å²) in [6.45, 7) is -2.47. The second-order valence-electron chi connectivity index (χ2n) is 8.21. The van der Waals surface area contributed by atoms with Gasteiger partial charge < -0.3 is 14.8 Å². The van der Waals surface area contributed by atoms with E-state index >= 15 is 0 Å². The fraction of sp³-hybridized carbons (Fsp3) is 0.391. The highest BCUT2D eigenvalue weighted by Gasteiger charge is 2.52. The van der Waals surface area contributed by atoms with Crippen molar-refractivity contribution in [2.24, 2.45) is 0 Å². The molecule has 1 aliphatic heterocycles. The molecule has 0 bridgehead atoms. The molecule has 4 rings (SSSR count). The van der Waals surface area contributed by atoms with Crippen molar-refractivity contribution in [3.8, 4) is 11.5 Å². The quantitative estimate of drug-likeness (QED) is 0.663. The molecule has 1 saturated heterocycles. The Labute approximate surface area is 184 Å². The van der Waals surface area contributed by atoms with Gasteiger partial charge in [0, 0.05) is 13.0 Å². The van der Waals surface area contributed by atoms with Gasteiger partial charge in [-0.3, -0.25) is 9.69 Å². The average Bonchev–Trinajstić information content (AvgIpc) is 2.98. The molecule has 32 heavy (non-hydrogen) atoms. The van der Waals surface area contributed by atoms with Crippen LogP contribution in [0.2, 0.25) is 0 Å². The van der Waals surface area contributed by atoms with Crippen molar-refractivity contribution < 1.29 is 27.8 Å². The second-order valence-corrected chi connectivity index (χ2v) is 8.21. The van der Waals surface area contributed by atoms with E-state index in [4.69, 9.17) is 4.74 Å². The molecular formula is C23H25F2N3O4. The van der Waals surface area contributed by atoms with Gasteiger partial charge in [0.1, 0.15) is 5.54 Å². The third kappa shape index (κ3) is 4.25. The lowest BCUT2D eigenvalue weighted by atomic mass is 9.78. The Hall–Kier alpha value is -3.20. The summed E-state index contributed by atoms with van der Waals surface area (Å²) >= 11 is 0. The number of ether oxygens (including phenoxy) is 2. The largest absolute Gasteiger partial charge is 0.493 e. The number of carbonyl (C=O) groups is 2. The van der Waals surface area contributed by atoms with Crippen molar-refractivity contribution >= 4 is 11.9 Å². The number of carbonyl (C=O) groups excluding carboxylic acids is 2. The average molecular weight is 445 g/mol. The van der Waals surface area contributed by atoms with E-state index < -0.39 is 18.2 Å². The van der Waals surface area contributed by atoms with Gasteiger partial charge in [0.2, 0.25) is 0 Å². The van der Waals surface area contributed by atoms with Crippen LogP contribution in [0.4, 0.5) is 13.6 Å². The smallest absolute Gasteiger partial charge is 0.387 e. The molecule has 0 saturated carbocycles. The van der Waals surface area contributed by atoms with Crippen molar-refractivity contribution in [2.45, 2.75) is 38.0 Å². The number of aryl methyl sites for hydroxylation is 1. The molecule has 1 N–H and O–H groups in total. The van der Waals surface area contributed by atoms with Crippen molar-refractivity contribution in [1.29, 1.82) is 0 Å². The van der Waals surface area contributed by atoms with Crippen LogP contribution in [0.3, 0.4) is 0 Å². The number of halogens is 2. The topological polar surface area (TPSA) is 71.1 Å². The predicted octanol–water partition coefficient (Wildman–Crippen LogP) is 3.17. The monoisotopic (exact) mass is 445 g/mol. The molecule has 2 aromatic carbocycles. The molecule has 0 radical (unpaired) electrons. The fourth-order valence-corrected chi connectivity index (χ4v) is 4.44. The number of benzene rings is 2. The van der Waals surface area contributed by atoms with E-state index in [1.807, 2.05) is 18.2 Å². The zero-order valence-corrected chi connectivity index (χ0v) is 17.9. The molecule has 0 aromatic heterocycles. The number of fused-ring (bicyclic) bond motifs is 1. The lowest BCUT2D eigenvalue weighted by Crippen LogP contribution is -2.51. The first-order chi connectivity index (χ1) is 15.3. The Morgan fingerprint density at radius 2 is 1.91 bits per heavy atom. The number of imide groups is 1. The summed E-state index contributed by atoms with van der Waals surface area (Å²) in [7, 11) is 3.15. The van der Waals surface area contributed by atoms with Crippen LogP contribution in [-0.2, 0) is 24.2 Å². The minimum absolute atomic E-state index is 0.0532. The molecule has 3 amide bonds. The maximum absolute atomic E-state index is 13.2. The summed E-state index contributed by atoms with van der Waals surface area (Å²) in [5, 5.41) is 2.93. The first-order valence-electron chi connectivity index (χ1n) is 10.3. The standard InChI is InChI=1S/C23H25F2N3O4/c1-27(13-15-7-8-18(32-21(24)25)19(11-15)31-2)14-28-20(29)23(26-22(28)30)10-9-16-5-3-4-6-17(16)12-23/h3-8,11,21H,9-10,12-14H2,1-2H3,(H,26,30). The Morgan fingerprint density at radius 1 is 1.16 bits per heavy atom. The minimum Gasteiger partial charge on any atom is -0.493 e. The summed E-state index contributed by atoms with van der Waals surface area (Å²) in [5.74, 6) is -0.0874. The fourth-order valence-electron chi connectivity index (χ4n) is 4.44. The molecule has 1 aliphatic carbocycles. The van der Waals surface area contributed by atoms with Crippen LogP contribution in [0.5, 0.6) is 11.5 Å². The van der Waals surface area contributed by atoms with Crippen molar-refractivity contribution in [1.82, 2.24) is 15.1 Å². The summed E-state index contributed by atoms with van der Waals surface area (Å²) in [5.41, 5.74) is 2.16. The van der Waals surface area contributed by atoms with Gasteiger partial charge in [-0.15, -0.1) is 0 Å². The summed E-state index contributed by atoms with van der Waals surface area (Å²) in [4.78, 5) is 28.9. The lowest BCUT2D eigenvalue weighted by molar-refractivity contribution is -0.133. The maximum atomic E-state index is 13.2. The summed E-state index contributed by atoms with van der Waals surface area (Å²) in [6, 6.07) is 12.2. The zero-order chi connectivity index (χ0) is 22.9. The number of alkyl halides is 2. The van der Waals surface area contributed by atoms with E-state index in [2.05, 4.69) is 16.1 Å². The van der Waals surface area contributed by atoms with Crippen LogP contribution < -0.4 is 14.8 Å². The van der Waals surface area contributed by atoms with Gasteiger partial charge in [-0.1, -0.05) is 30.3 Å². The second kappa shape index (κ2) is 8.74. The van der Waals surface area contributed by atoms with Crippen LogP contribution in [0.1, 0.15) is 23.1 Å². The normalized spacial score (nSPS) is 20.1. The maximum Gasteiger partial charge on any atom is 0.387 e. The molecule has 1 unspecified atom stereocenters. The SMILES string of the molecule is COc1cc(CN(C)CN2C(=O)NC3(CCc4ccccc4C3)C2=O)ccc1OC(F)F. The number of hydrogen-bond acceptors (Lipinski definition) is 5. The molecule has 9 heteroatoms. The highest BCUT2D eigenvalue weighted by Crippen LogP contribution is 2.34. The molecule has 7 nitrogen and oxygen atoms in total. The number of nitrogens with one attached hydrogen (secondary N) is 1. The van der Waals surface area contributed by atoms with Gasteiger partial charge in [-0.05, 0) is 48.7 Å². The number of amides is 3. The molecule has 1 heterocycles. The third-order valence-corrected chi connectivity index (χ3v) is 5.96. The Kier molecular flexibility index (Phi) is 6.01. The number of hydrogen-bond donors (Lipinski definition) is 1. The molecule has 2 aromatic rings. The summed E-state index contributed by atoms with van der Waals surface area (Å²) < 4.78 is 34.6. The first-order valence-corrected chi connectivity index (χ1v) is 10.3. The van der Waals surface area contributed by atoms with Crippen molar-refractivity contribution in [3.63, 3.8) is 0 Å². The van der Waals surface area contributed by atoms with E-state index in [1.54, 1.807) is 24.1 Å². The predicted molar refractivity (Wildman–Crippen MR) is 113 cm³/mol. The van der Waals surface area contributed by atoms with Gasteiger partial charge in [-0.25, -0.2) is 9.69 Å². The number of nitrogens with zero attached hydrogens (tertiary/aromatic N) is 2. The van der Waals surface area contributed by atoms with Crippen LogP contribution in [0, 0.1) is 0 Å². The van der Waals surface area contributed by atoms with E-state index in [1.165, 1.54) is 23.6 Å². The van der Waals surface area contributed by atoms with Crippen LogP contribution >= 0.6 is 0 Å². The van der Waals surface area contributed by atoms with Crippen LogP contribution in [0.15, 0.2) is 42.5 Å². The zero-order valence-electron chi connectivity index (χ0n) is 17.9. The Balaban J connectivity index is 1.43. The van der Waals surface area contributed by atoms with E-state index in [0.29, 0.717) is 19.4 Å². The molecule has 1 fully saturated rings. The van der Waals surface area contributed by atoms with E-state index in [-0.39, 0.29) is 24.1 Å². The minimum atomic E-state index is -2.95. The first kappa shape index (κ1) is 22.0. The van der Waals surface area contributed by atoms with Gasteiger partial charge in [0.05, 0.1) is 13.8 Å². The molecule has 2 aliphatic rings. The lowest BCUT2D eigenvalue weighted by Gasteiger charge is -2.32. The number of urea groups is 1. The third-order valence-electron chi connectivity index (χ3n) is 5.96. The van der Waals surface area contributed by atoms with Crippen LogP contribution in [0.25, 0.3) is 0 Å². The Bertz CT molecular complexity index is 1030. The number of rotatable bonds is 7. The summed E-state index contributed by atoms with van der Waals surface area (Å²) in [6.07, 6.45) is 1.78. The highest BCUT2D eigenvalue weighted by molar-refractivity contribution is 6.07. The van der Waals surface area contributed by atoms with Crippen molar-refractivity contribution in [2.75, 3.05) is 20.8 Å². The molecule has 170 valence electrons. The van der Waals surface area contributed by atoms with Gasteiger partial charge >= 0.3 is 12.6 Å². The molecular weight excluding hydrogens is 420 g/mol. The van der Waals surface area contributed by atoms with Crippen LogP contribution in [-0.4, -0.2) is 54.7 Å². The highest BCUT2D eigenvalue weighted by atomic mass is 19.3. The van der Waals surface area contributed by atoms with Gasteiger partial charge in [0.15, 0.2) is 11.5 Å².